The molecule has 21 heavy (non-hydrogen) atoms. The van der Waals surface area contributed by atoms with Crippen molar-refractivity contribution in [3.8, 4) is 22.4 Å². The quantitative estimate of drug-likeness (QED) is 0.754. The Balaban J connectivity index is 2.19. The fourth-order valence-corrected chi connectivity index (χ4v) is 2.64. The second kappa shape index (κ2) is 5.44. The number of aryl methyl sites for hydroxylation is 2. The van der Waals surface area contributed by atoms with Gasteiger partial charge in [-0.3, -0.25) is 5.10 Å². The first-order chi connectivity index (χ1) is 10.2. The molecule has 2 aromatic carbocycles. The Bertz CT molecular complexity index is 754. The van der Waals surface area contributed by atoms with E-state index >= 15 is 0 Å². The number of nitrogens with one attached hydrogen (secondary N) is 1. The first-order valence-electron chi connectivity index (χ1n) is 7.20. The molecule has 3 N–H and O–H groups in total. The molecular formula is C18H19N3. The van der Waals surface area contributed by atoms with Gasteiger partial charge in [-0.25, -0.2) is 0 Å². The van der Waals surface area contributed by atoms with Crippen molar-refractivity contribution in [2.75, 3.05) is 5.73 Å². The number of aromatic amines is 1. The molecule has 0 amide bonds. The molecule has 0 aliphatic heterocycles. The van der Waals surface area contributed by atoms with Crippen molar-refractivity contribution in [2.45, 2.75) is 20.3 Å². The highest BCUT2D eigenvalue weighted by atomic mass is 15.2. The van der Waals surface area contributed by atoms with Crippen molar-refractivity contribution < 1.29 is 0 Å². The van der Waals surface area contributed by atoms with Gasteiger partial charge in [0.25, 0.3) is 0 Å². The molecule has 1 aromatic heterocycles. The third kappa shape index (κ3) is 2.42. The number of nitrogen functional groups attached to an aromatic ring is 1. The second-order valence-electron chi connectivity index (χ2n) is 5.24. The van der Waals surface area contributed by atoms with Crippen molar-refractivity contribution >= 4 is 5.82 Å². The van der Waals surface area contributed by atoms with Crippen LogP contribution in [-0.2, 0) is 6.42 Å². The molecule has 3 aromatic rings. The first kappa shape index (κ1) is 13.4. The van der Waals surface area contributed by atoms with Crippen LogP contribution in [-0.4, -0.2) is 10.2 Å². The molecule has 0 fully saturated rings. The van der Waals surface area contributed by atoms with E-state index in [2.05, 4.69) is 66.5 Å². The highest BCUT2D eigenvalue weighted by Gasteiger charge is 2.16. The topological polar surface area (TPSA) is 54.7 Å². The fourth-order valence-electron chi connectivity index (χ4n) is 2.64. The number of aromatic nitrogens is 2. The fraction of sp³-hybridized carbons (Fsp3) is 0.167. The van der Waals surface area contributed by atoms with Crippen LogP contribution < -0.4 is 5.73 Å². The maximum Gasteiger partial charge on any atom is 0.153 e. The third-order valence-corrected chi connectivity index (χ3v) is 3.80. The monoisotopic (exact) mass is 277 g/mol. The van der Waals surface area contributed by atoms with E-state index in [1.165, 1.54) is 16.7 Å². The molecule has 3 nitrogen and oxygen atoms in total. The van der Waals surface area contributed by atoms with E-state index in [0.29, 0.717) is 5.82 Å². The van der Waals surface area contributed by atoms with E-state index < -0.39 is 0 Å². The zero-order valence-electron chi connectivity index (χ0n) is 12.4. The van der Waals surface area contributed by atoms with Crippen molar-refractivity contribution in [3.05, 3.63) is 59.7 Å². The van der Waals surface area contributed by atoms with Crippen molar-refractivity contribution in [1.29, 1.82) is 0 Å². The predicted octanol–water partition coefficient (Wildman–Crippen LogP) is 4.20. The molecule has 3 heteroatoms. The number of hydrogen-bond acceptors (Lipinski definition) is 2. The van der Waals surface area contributed by atoms with Gasteiger partial charge in [-0.2, -0.15) is 5.10 Å². The van der Waals surface area contributed by atoms with Gasteiger partial charge < -0.3 is 5.73 Å². The lowest BCUT2D eigenvalue weighted by molar-refractivity contribution is 1.09. The Kier molecular flexibility index (Phi) is 3.48. The summed E-state index contributed by atoms with van der Waals surface area (Å²) in [6.07, 6.45) is 0.975. The molecule has 3 rings (SSSR count). The first-order valence-corrected chi connectivity index (χ1v) is 7.20. The molecule has 0 spiro atoms. The van der Waals surface area contributed by atoms with Crippen molar-refractivity contribution in [1.82, 2.24) is 10.2 Å². The third-order valence-electron chi connectivity index (χ3n) is 3.80. The molecule has 0 saturated carbocycles. The Labute approximate surface area is 124 Å². The molecule has 0 bridgehead atoms. The van der Waals surface area contributed by atoms with Gasteiger partial charge in [0, 0.05) is 5.56 Å². The molecule has 1 heterocycles. The van der Waals surface area contributed by atoms with Crippen LogP contribution in [0.25, 0.3) is 22.4 Å². The molecule has 0 aliphatic rings. The van der Waals surface area contributed by atoms with Crippen LogP contribution in [0, 0.1) is 6.92 Å². The zero-order valence-corrected chi connectivity index (χ0v) is 12.4. The van der Waals surface area contributed by atoms with Crippen molar-refractivity contribution in [3.63, 3.8) is 0 Å². The van der Waals surface area contributed by atoms with Gasteiger partial charge in [0.05, 0.1) is 11.3 Å². The van der Waals surface area contributed by atoms with Gasteiger partial charge in [-0.15, -0.1) is 0 Å². The number of nitrogens with zero attached hydrogens (tertiary/aromatic N) is 1. The summed E-state index contributed by atoms with van der Waals surface area (Å²) in [7, 11) is 0. The second-order valence-corrected chi connectivity index (χ2v) is 5.24. The number of anilines is 1. The van der Waals surface area contributed by atoms with Gasteiger partial charge in [0.1, 0.15) is 0 Å². The van der Waals surface area contributed by atoms with Crippen LogP contribution in [0.5, 0.6) is 0 Å². The minimum atomic E-state index is 0.541. The van der Waals surface area contributed by atoms with E-state index in [4.69, 9.17) is 5.73 Å². The van der Waals surface area contributed by atoms with Gasteiger partial charge in [0.2, 0.25) is 0 Å². The molecule has 0 aliphatic carbocycles. The molecular weight excluding hydrogens is 258 g/mol. The molecule has 0 radical (unpaired) electrons. The lowest BCUT2D eigenvalue weighted by Crippen LogP contribution is -1.91. The van der Waals surface area contributed by atoms with Gasteiger partial charge >= 0.3 is 0 Å². The maximum absolute atomic E-state index is 6.10. The standard InChI is InChI=1S/C18H19N3/c1-3-13-6-4-5-7-15(13)17-16(18(19)21-20-17)14-10-8-12(2)9-11-14/h4-11H,3H2,1-2H3,(H3,19,20,21). The average molecular weight is 277 g/mol. The van der Waals surface area contributed by atoms with Crippen molar-refractivity contribution in [2.24, 2.45) is 0 Å². The Morgan fingerprint density at radius 3 is 2.48 bits per heavy atom. The van der Waals surface area contributed by atoms with Crippen LogP contribution in [0.15, 0.2) is 48.5 Å². The van der Waals surface area contributed by atoms with E-state index in [1.54, 1.807) is 0 Å². The minimum absolute atomic E-state index is 0.541. The molecule has 0 unspecified atom stereocenters. The number of rotatable bonds is 3. The van der Waals surface area contributed by atoms with Crippen LogP contribution in [0.4, 0.5) is 5.82 Å². The van der Waals surface area contributed by atoms with Crippen LogP contribution in [0.1, 0.15) is 18.1 Å². The molecule has 0 saturated heterocycles. The summed E-state index contributed by atoms with van der Waals surface area (Å²) < 4.78 is 0. The number of benzene rings is 2. The maximum atomic E-state index is 6.10. The summed E-state index contributed by atoms with van der Waals surface area (Å²) in [4.78, 5) is 0. The minimum Gasteiger partial charge on any atom is -0.382 e. The molecule has 0 atom stereocenters. The van der Waals surface area contributed by atoms with Crippen LogP contribution in [0.2, 0.25) is 0 Å². The van der Waals surface area contributed by atoms with Gasteiger partial charge in [0.15, 0.2) is 5.82 Å². The number of nitrogens with two attached hydrogens (primary N) is 1. The van der Waals surface area contributed by atoms with Gasteiger partial charge in [-0.05, 0) is 24.5 Å². The van der Waals surface area contributed by atoms with Gasteiger partial charge in [-0.1, -0.05) is 61.0 Å². The lowest BCUT2D eigenvalue weighted by atomic mass is 9.96. The number of H-pyrrole nitrogens is 1. The summed E-state index contributed by atoms with van der Waals surface area (Å²) in [6.45, 7) is 4.24. The van der Waals surface area contributed by atoms with Crippen LogP contribution in [0.3, 0.4) is 0 Å². The Hall–Kier alpha value is -2.55. The summed E-state index contributed by atoms with van der Waals surface area (Å²) in [5.41, 5.74) is 12.9. The largest absolute Gasteiger partial charge is 0.382 e. The van der Waals surface area contributed by atoms with Crippen LogP contribution >= 0.6 is 0 Å². The highest BCUT2D eigenvalue weighted by Crippen LogP contribution is 2.36. The summed E-state index contributed by atoms with van der Waals surface area (Å²) in [5.74, 6) is 0.541. The predicted molar refractivity (Wildman–Crippen MR) is 88.0 cm³/mol. The van der Waals surface area contributed by atoms with E-state index in [1.807, 2.05) is 6.07 Å². The van der Waals surface area contributed by atoms with E-state index in [9.17, 15) is 0 Å². The molecule has 106 valence electrons. The zero-order chi connectivity index (χ0) is 14.8. The van der Waals surface area contributed by atoms with E-state index in [0.717, 1.165) is 23.2 Å². The van der Waals surface area contributed by atoms with E-state index in [-0.39, 0.29) is 0 Å². The summed E-state index contributed by atoms with van der Waals surface area (Å²) >= 11 is 0. The Morgan fingerprint density at radius 1 is 1.05 bits per heavy atom. The average Bonchev–Trinajstić information content (AvgIpc) is 2.90. The lowest BCUT2D eigenvalue weighted by Gasteiger charge is -2.09. The Morgan fingerprint density at radius 2 is 1.76 bits per heavy atom. The highest BCUT2D eigenvalue weighted by molar-refractivity contribution is 5.88. The SMILES string of the molecule is CCc1ccccc1-c1[nH]nc(N)c1-c1ccc(C)cc1. The number of hydrogen-bond donors (Lipinski definition) is 2. The normalized spacial score (nSPS) is 10.8. The summed E-state index contributed by atoms with van der Waals surface area (Å²) in [6, 6.07) is 16.7. The smallest absolute Gasteiger partial charge is 0.153 e. The summed E-state index contributed by atoms with van der Waals surface area (Å²) in [5, 5.41) is 7.32.